The van der Waals surface area contributed by atoms with Crippen molar-refractivity contribution >= 4 is 34.8 Å². The lowest BCUT2D eigenvalue weighted by molar-refractivity contribution is -0.384. The number of rotatable bonds is 6. The summed E-state index contributed by atoms with van der Waals surface area (Å²) in [5.41, 5.74) is 0.298. The van der Waals surface area contributed by atoms with Gasteiger partial charge in [0.1, 0.15) is 11.5 Å². The van der Waals surface area contributed by atoms with E-state index in [4.69, 9.17) is 9.47 Å². The third kappa shape index (κ3) is 4.27. The van der Waals surface area contributed by atoms with Gasteiger partial charge >= 0.3 is 5.97 Å². The standard InChI is InChI=1S/C26H20N2O8/c1-35-20-11-9-15(10-12-20)22-21(23(29)16-5-3-8-19(13-16)28(33)34)24(30)25(31)27(22)18-7-4-6-17(14-18)26(32)36-2/h3-14,22,29H,1-2H3/b23-21-. The largest absolute Gasteiger partial charge is 0.507 e. The van der Waals surface area contributed by atoms with Gasteiger partial charge in [0.2, 0.25) is 0 Å². The normalized spacial score (nSPS) is 16.6. The highest BCUT2D eigenvalue weighted by molar-refractivity contribution is 6.51. The maximum atomic E-state index is 13.3. The first kappa shape index (κ1) is 24.1. The van der Waals surface area contributed by atoms with Gasteiger partial charge in [0.05, 0.1) is 36.3 Å². The number of anilines is 1. The second-order valence-electron chi connectivity index (χ2n) is 7.79. The molecule has 1 amide bonds. The summed E-state index contributed by atoms with van der Waals surface area (Å²) < 4.78 is 9.95. The molecule has 1 fully saturated rings. The van der Waals surface area contributed by atoms with Crippen molar-refractivity contribution in [3.05, 3.63) is 105 Å². The Balaban J connectivity index is 1.94. The molecule has 0 bridgehead atoms. The molecule has 36 heavy (non-hydrogen) atoms. The highest BCUT2D eigenvalue weighted by Crippen LogP contribution is 2.42. The number of hydrogen-bond donors (Lipinski definition) is 1. The van der Waals surface area contributed by atoms with Gasteiger partial charge in [-0.15, -0.1) is 0 Å². The van der Waals surface area contributed by atoms with Crippen LogP contribution in [0.15, 0.2) is 78.4 Å². The first-order valence-corrected chi connectivity index (χ1v) is 10.6. The number of non-ortho nitro benzene ring substituents is 1. The summed E-state index contributed by atoms with van der Waals surface area (Å²) in [7, 11) is 2.71. The Morgan fingerprint density at radius 1 is 0.972 bits per heavy atom. The molecule has 182 valence electrons. The monoisotopic (exact) mass is 488 g/mol. The van der Waals surface area contributed by atoms with Crippen molar-refractivity contribution in [3.63, 3.8) is 0 Å². The molecule has 0 aromatic heterocycles. The topological polar surface area (TPSA) is 136 Å². The van der Waals surface area contributed by atoms with Gasteiger partial charge in [-0.1, -0.05) is 30.3 Å². The van der Waals surface area contributed by atoms with Crippen molar-refractivity contribution in [3.8, 4) is 5.75 Å². The van der Waals surface area contributed by atoms with Gasteiger partial charge in [0.25, 0.3) is 17.4 Å². The number of ketones is 1. The van der Waals surface area contributed by atoms with Gasteiger partial charge < -0.3 is 14.6 Å². The van der Waals surface area contributed by atoms with E-state index in [1.54, 1.807) is 30.3 Å². The number of nitro groups is 1. The summed E-state index contributed by atoms with van der Waals surface area (Å²) in [5, 5.41) is 22.4. The minimum Gasteiger partial charge on any atom is -0.507 e. The maximum absolute atomic E-state index is 13.3. The van der Waals surface area contributed by atoms with Gasteiger partial charge in [-0.3, -0.25) is 24.6 Å². The van der Waals surface area contributed by atoms with Crippen molar-refractivity contribution in [2.75, 3.05) is 19.1 Å². The van der Waals surface area contributed by atoms with Crippen LogP contribution in [-0.2, 0) is 14.3 Å². The van der Waals surface area contributed by atoms with E-state index in [0.29, 0.717) is 11.3 Å². The van der Waals surface area contributed by atoms with Crippen LogP contribution in [0.25, 0.3) is 5.76 Å². The molecule has 0 radical (unpaired) electrons. The fraction of sp³-hybridized carbons (Fsp3) is 0.115. The number of benzene rings is 3. The molecule has 4 rings (SSSR count). The highest BCUT2D eigenvalue weighted by Gasteiger charge is 2.47. The predicted molar refractivity (Wildman–Crippen MR) is 129 cm³/mol. The SMILES string of the molecule is COC(=O)c1cccc(N2C(=O)C(=O)/C(=C(\O)c3cccc([N+](=O)[O-])c3)C2c2ccc(OC)cc2)c1. The van der Waals surface area contributed by atoms with E-state index in [1.165, 1.54) is 55.5 Å². The molecule has 1 heterocycles. The molecule has 10 nitrogen and oxygen atoms in total. The number of amides is 1. The van der Waals surface area contributed by atoms with Gasteiger partial charge in [0, 0.05) is 23.4 Å². The van der Waals surface area contributed by atoms with E-state index >= 15 is 0 Å². The third-order valence-corrected chi connectivity index (χ3v) is 5.75. The molecule has 0 saturated carbocycles. The molecule has 0 spiro atoms. The number of carbonyl (C=O) groups excluding carboxylic acids is 3. The van der Waals surface area contributed by atoms with Crippen molar-refractivity contribution in [2.45, 2.75) is 6.04 Å². The van der Waals surface area contributed by atoms with Gasteiger partial charge in [0.15, 0.2) is 0 Å². The molecule has 1 aliphatic heterocycles. The number of carbonyl (C=O) groups is 3. The Bertz CT molecular complexity index is 1410. The average Bonchev–Trinajstić information content (AvgIpc) is 3.17. The van der Waals surface area contributed by atoms with Crippen LogP contribution in [-0.4, -0.2) is 41.9 Å². The zero-order valence-corrected chi connectivity index (χ0v) is 19.2. The first-order chi connectivity index (χ1) is 17.3. The van der Waals surface area contributed by atoms with E-state index in [0.717, 1.165) is 6.07 Å². The van der Waals surface area contributed by atoms with Gasteiger partial charge in [-0.05, 0) is 35.9 Å². The molecule has 0 aliphatic carbocycles. The van der Waals surface area contributed by atoms with E-state index < -0.39 is 34.4 Å². The van der Waals surface area contributed by atoms with Gasteiger partial charge in [-0.25, -0.2) is 4.79 Å². The molecule has 10 heteroatoms. The highest BCUT2D eigenvalue weighted by atomic mass is 16.6. The van der Waals surface area contributed by atoms with Crippen LogP contribution in [0.2, 0.25) is 0 Å². The number of Topliss-reactive ketones (excluding diaryl/α,β-unsaturated/α-hetero) is 1. The van der Waals surface area contributed by atoms with E-state index in [2.05, 4.69) is 0 Å². The number of nitrogens with zero attached hydrogens (tertiary/aromatic N) is 2. The van der Waals surface area contributed by atoms with Crippen LogP contribution in [0.5, 0.6) is 5.75 Å². The van der Waals surface area contributed by atoms with Crippen molar-refractivity contribution in [1.29, 1.82) is 0 Å². The van der Waals surface area contributed by atoms with Crippen LogP contribution < -0.4 is 9.64 Å². The Labute approximate surface area is 205 Å². The Hall–Kier alpha value is -4.99. The molecule has 1 aliphatic rings. The summed E-state index contributed by atoms with van der Waals surface area (Å²) in [6, 6.07) is 16.5. The van der Waals surface area contributed by atoms with Crippen LogP contribution in [0, 0.1) is 10.1 Å². The second-order valence-corrected chi connectivity index (χ2v) is 7.79. The second kappa shape index (κ2) is 9.71. The number of nitro benzene ring substituents is 1. The quantitative estimate of drug-likeness (QED) is 0.137. The minimum atomic E-state index is -1.09. The first-order valence-electron chi connectivity index (χ1n) is 10.6. The minimum absolute atomic E-state index is 0.00373. The molecular formula is C26H20N2O8. The van der Waals surface area contributed by atoms with Crippen molar-refractivity contribution in [1.82, 2.24) is 0 Å². The molecule has 1 saturated heterocycles. The number of methoxy groups -OCH3 is 2. The third-order valence-electron chi connectivity index (χ3n) is 5.75. The summed E-state index contributed by atoms with van der Waals surface area (Å²) in [6.07, 6.45) is 0. The van der Waals surface area contributed by atoms with Crippen LogP contribution in [0.4, 0.5) is 11.4 Å². The van der Waals surface area contributed by atoms with E-state index in [9.17, 15) is 29.6 Å². The summed E-state index contributed by atoms with van der Waals surface area (Å²) in [6.45, 7) is 0. The van der Waals surface area contributed by atoms with E-state index in [1.807, 2.05) is 0 Å². The van der Waals surface area contributed by atoms with E-state index in [-0.39, 0.29) is 28.1 Å². The molecule has 1 atom stereocenters. The lowest BCUT2D eigenvalue weighted by atomic mass is 9.95. The Kier molecular flexibility index (Phi) is 6.51. The Morgan fingerprint density at radius 3 is 2.28 bits per heavy atom. The predicted octanol–water partition coefficient (Wildman–Crippen LogP) is 4.02. The lowest BCUT2D eigenvalue weighted by Gasteiger charge is -2.26. The fourth-order valence-corrected chi connectivity index (χ4v) is 4.02. The molecular weight excluding hydrogens is 468 g/mol. The Morgan fingerprint density at radius 2 is 1.64 bits per heavy atom. The lowest BCUT2D eigenvalue weighted by Crippen LogP contribution is -2.29. The summed E-state index contributed by atoms with van der Waals surface area (Å²) >= 11 is 0. The van der Waals surface area contributed by atoms with Crippen molar-refractivity contribution < 1.29 is 33.9 Å². The number of hydrogen-bond acceptors (Lipinski definition) is 8. The molecule has 3 aromatic rings. The number of aliphatic hydroxyl groups excluding tert-OH is 1. The average molecular weight is 488 g/mol. The fourth-order valence-electron chi connectivity index (χ4n) is 4.02. The number of ether oxygens (including phenoxy) is 2. The molecule has 1 N–H and O–H groups in total. The van der Waals surface area contributed by atoms with Crippen LogP contribution >= 0.6 is 0 Å². The summed E-state index contributed by atoms with van der Waals surface area (Å²) in [5.74, 6) is -2.59. The van der Waals surface area contributed by atoms with Crippen LogP contribution in [0.3, 0.4) is 0 Å². The number of esters is 1. The van der Waals surface area contributed by atoms with Crippen molar-refractivity contribution in [2.24, 2.45) is 0 Å². The van der Waals surface area contributed by atoms with Gasteiger partial charge in [-0.2, -0.15) is 0 Å². The number of aliphatic hydroxyl groups is 1. The van der Waals surface area contributed by atoms with Crippen LogP contribution in [0.1, 0.15) is 27.5 Å². The summed E-state index contributed by atoms with van der Waals surface area (Å²) in [4.78, 5) is 50.4. The molecule has 1 unspecified atom stereocenters. The zero-order valence-electron chi connectivity index (χ0n) is 19.2. The zero-order chi connectivity index (χ0) is 26.0. The molecule has 3 aromatic carbocycles. The maximum Gasteiger partial charge on any atom is 0.337 e. The smallest absolute Gasteiger partial charge is 0.337 e.